The summed E-state index contributed by atoms with van der Waals surface area (Å²) in [6, 6.07) is 6.74. The second-order valence-corrected chi connectivity index (χ2v) is 5.07. The molecule has 1 saturated carbocycles. The maximum absolute atomic E-state index is 9.79. The summed E-state index contributed by atoms with van der Waals surface area (Å²) in [6.45, 7) is 2.16. The number of aromatic hydroxyl groups is 1. The normalized spacial score (nSPS) is 22.2. The van der Waals surface area contributed by atoms with Gasteiger partial charge in [-0.05, 0) is 36.5 Å². The van der Waals surface area contributed by atoms with E-state index in [1.807, 2.05) is 12.1 Å². The minimum atomic E-state index is 0.489. The molecule has 0 amide bonds. The average Bonchev–Trinajstić information content (AvgIpc) is 2.82. The van der Waals surface area contributed by atoms with Gasteiger partial charge in [0.25, 0.3) is 0 Å². The van der Waals surface area contributed by atoms with E-state index in [0.29, 0.717) is 5.75 Å². The summed E-state index contributed by atoms with van der Waals surface area (Å²) in [7, 11) is 0. The predicted octanol–water partition coefficient (Wildman–Crippen LogP) is 2.69. The summed E-state index contributed by atoms with van der Waals surface area (Å²) < 4.78 is 0. The zero-order valence-corrected chi connectivity index (χ0v) is 9.65. The first-order valence-corrected chi connectivity index (χ1v) is 6.38. The first-order valence-electron chi connectivity index (χ1n) is 6.38. The van der Waals surface area contributed by atoms with Gasteiger partial charge in [-0.3, -0.25) is 4.90 Å². The highest BCUT2D eigenvalue weighted by Crippen LogP contribution is 2.31. The summed E-state index contributed by atoms with van der Waals surface area (Å²) in [5.41, 5.74) is 2.51. The third-order valence-electron chi connectivity index (χ3n) is 4.11. The van der Waals surface area contributed by atoms with Crippen LogP contribution in [-0.4, -0.2) is 22.6 Å². The Hall–Kier alpha value is -1.02. The maximum atomic E-state index is 9.79. The van der Waals surface area contributed by atoms with Gasteiger partial charge in [0.15, 0.2) is 0 Å². The smallest absolute Gasteiger partial charge is 0.119 e. The van der Waals surface area contributed by atoms with Crippen LogP contribution in [0.4, 0.5) is 0 Å². The van der Waals surface area contributed by atoms with E-state index in [0.717, 1.165) is 25.6 Å². The molecule has 1 aliphatic heterocycles. The van der Waals surface area contributed by atoms with Crippen molar-refractivity contribution < 1.29 is 5.11 Å². The van der Waals surface area contributed by atoms with Gasteiger partial charge in [0.1, 0.15) is 5.75 Å². The lowest BCUT2D eigenvalue weighted by Crippen LogP contribution is -2.37. The molecule has 1 aromatic carbocycles. The van der Waals surface area contributed by atoms with Crippen molar-refractivity contribution in [2.75, 3.05) is 6.54 Å². The Labute approximate surface area is 96.9 Å². The number of hydrogen-bond donors (Lipinski definition) is 1. The van der Waals surface area contributed by atoms with Crippen LogP contribution < -0.4 is 0 Å². The van der Waals surface area contributed by atoms with Crippen LogP contribution in [0.3, 0.4) is 0 Å². The highest BCUT2D eigenvalue weighted by Gasteiger charge is 2.26. The number of nitrogens with zero attached hydrogens (tertiary/aromatic N) is 1. The second-order valence-electron chi connectivity index (χ2n) is 5.07. The number of phenolic OH excluding ortho intramolecular Hbond substituents is 1. The highest BCUT2D eigenvalue weighted by atomic mass is 16.3. The van der Waals surface area contributed by atoms with Gasteiger partial charge >= 0.3 is 0 Å². The monoisotopic (exact) mass is 217 g/mol. The maximum Gasteiger partial charge on any atom is 0.119 e. The minimum Gasteiger partial charge on any atom is -0.508 e. The van der Waals surface area contributed by atoms with Gasteiger partial charge < -0.3 is 5.11 Å². The Morgan fingerprint density at radius 1 is 1.19 bits per heavy atom. The molecule has 1 aromatic rings. The lowest BCUT2D eigenvalue weighted by Gasteiger charge is -2.33. The van der Waals surface area contributed by atoms with Crippen LogP contribution in [0, 0.1) is 0 Å². The summed E-state index contributed by atoms with van der Waals surface area (Å²) in [6.07, 6.45) is 6.54. The summed E-state index contributed by atoms with van der Waals surface area (Å²) in [5.74, 6) is 0.489. The molecule has 16 heavy (non-hydrogen) atoms. The largest absolute Gasteiger partial charge is 0.508 e. The Balaban J connectivity index is 1.80. The van der Waals surface area contributed by atoms with E-state index < -0.39 is 0 Å². The molecule has 2 nitrogen and oxygen atoms in total. The Morgan fingerprint density at radius 2 is 2.00 bits per heavy atom. The van der Waals surface area contributed by atoms with Gasteiger partial charge in [0.2, 0.25) is 0 Å². The van der Waals surface area contributed by atoms with E-state index in [9.17, 15) is 5.11 Å². The second kappa shape index (κ2) is 4.10. The lowest BCUT2D eigenvalue weighted by molar-refractivity contribution is 0.180. The van der Waals surface area contributed by atoms with Gasteiger partial charge in [-0.1, -0.05) is 25.0 Å². The summed E-state index contributed by atoms with van der Waals surface area (Å²) in [5, 5.41) is 9.79. The molecule has 1 aliphatic carbocycles. The van der Waals surface area contributed by atoms with Crippen molar-refractivity contribution in [2.24, 2.45) is 0 Å². The molecule has 0 unspecified atom stereocenters. The molecular formula is C14H19NO. The van der Waals surface area contributed by atoms with Crippen LogP contribution in [0.15, 0.2) is 18.2 Å². The van der Waals surface area contributed by atoms with Crippen molar-refractivity contribution in [2.45, 2.75) is 44.7 Å². The van der Waals surface area contributed by atoms with E-state index in [1.165, 1.54) is 36.8 Å². The topological polar surface area (TPSA) is 23.5 Å². The highest BCUT2D eigenvalue weighted by molar-refractivity contribution is 5.40. The fourth-order valence-corrected chi connectivity index (χ4v) is 3.19. The van der Waals surface area contributed by atoms with E-state index in [1.54, 1.807) is 0 Å². The van der Waals surface area contributed by atoms with Gasteiger partial charge in [-0.2, -0.15) is 0 Å². The number of rotatable bonds is 1. The van der Waals surface area contributed by atoms with E-state index in [2.05, 4.69) is 11.0 Å². The Bertz CT molecular complexity index is 382. The molecule has 0 bridgehead atoms. The van der Waals surface area contributed by atoms with E-state index in [4.69, 9.17) is 0 Å². The van der Waals surface area contributed by atoms with Crippen molar-refractivity contribution in [1.82, 2.24) is 4.90 Å². The Kier molecular flexibility index (Phi) is 2.60. The van der Waals surface area contributed by atoms with Crippen LogP contribution in [0.1, 0.15) is 36.8 Å². The fourth-order valence-electron chi connectivity index (χ4n) is 3.19. The number of benzene rings is 1. The molecule has 1 fully saturated rings. The van der Waals surface area contributed by atoms with Crippen molar-refractivity contribution in [1.29, 1.82) is 0 Å². The van der Waals surface area contributed by atoms with Crippen LogP contribution >= 0.6 is 0 Å². The molecular weight excluding hydrogens is 198 g/mol. The van der Waals surface area contributed by atoms with Crippen molar-refractivity contribution in [3.8, 4) is 5.75 Å². The number of hydrogen-bond acceptors (Lipinski definition) is 2. The van der Waals surface area contributed by atoms with Crippen LogP contribution in [0.5, 0.6) is 5.75 Å². The van der Waals surface area contributed by atoms with Gasteiger partial charge in [0.05, 0.1) is 0 Å². The Morgan fingerprint density at radius 3 is 2.81 bits per heavy atom. The average molecular weight is 217 g/mol. The van der Waals surface area contributed by atoms with Gasteiger partial charge in [-0.15, -0.1) is 0 Å². The number of fused-ring (bicyclic) bond motifs is 1. The molecule has 0 saturated heterocycles. The predicted molar refractivity (Wildman–Crippen MR) is 64.5 cm³/mol. The van der Waals surface area contributed by atoms with Crippen molar-refractivity contribution in [3.05, 3.63) is 29.3 Å². The van der Waals surface area contributed by atoms with Crippen molar-refractivity contribution >= 4 is 0 Å². The van der Waals surface area contributed by atoms with Crippen LogP contribution in [-0.2, 0) is 13.0 Å². The standard InChI is InChI=1S/C14H19NO/c16-14-7-3-4-11-10-15(9-8-13(11)14)12-5-1-2-6-12/h3-4,7,12,16H,1-2,5-6,8-10H2. The van der Waals surface area contributed by atoms with E-state index in [-0.39, 0.29) is 0 Å². The van der Waals surface area contributed by atoms with Crippen molar-refractivity contribution in [3.63, 3.8) is 0 Å². The third kappa shape index (κ3) is 1.71. The first kappa shape index (κ1) is 10.2. The molecule has 0 aromatic heterocycles. The van der Waals surface area contributed by atoms with Gasteiger partial charge in [-0.25, -0.2) is 0 Å². The minimum absolute atomic E-state index is 0.489. The fraction of sp³-hybridized carbons (Fsp3) is 0.571. The summed E-state index contributed by atoms with van der Waals surface area (Å²) in [4.78, 5) is 2.61. The summed E-state index contributed by atoms with van der Waals surface area (Å²) >= 11 is 0. The molecule has 2 aliphatic rings. The molecule has 2 heteroatoms. The lowest BCUT2D eigenvalue weighted by atomic mass is 9.97. The zero-order chi connectivity index (χ0) is 11.0. The van der Waals surface area contributed by atoms with Gasteiger partial charge in [0, 0.05) is 19.1 Å². The van der Waals surface area contributed by atoms with Crippen LogP contribution in [0.2, 0.25) is 0 Å². The SMILES string of the molecule is Oc1cccc2c1CCN(C1CCCC1)C2. The zero-order valence-electron chi connectivity index (χ0n) is 9.65. The molecule has 0 radical (unpaired) electrons. The number of phenols is 1. The quantitative estimate of drug-likeness (QED) is 0.781. The molecule has 1 heterocycles. The molecule has 0 atom stereocenters. The third-order valence-corrected chi connectivity index (χ3v) is 4.11. The molecule has 86 valence electrons. The van der Waals surface area contributed by atoms with Crippen LogP contribution in [0.25, 0.3) is 0 Å². The van der Waals surface area contributed by atoms with E-state index >= 15 is 0 Å². The molecule has 3 rings (SSSR count). The molecule has 1 N–H and O–H groups in total. The molecule has 0 spiro atoms. The first-order chi connectivity index (χ1) is 7.84.